The minimum absolute atomic E-state index is 0.0433. The number of nitrogens with one attached hydrogen (secondary N) is 1. The summed E-state index contributed by atoms with van der Waals surface area (Å²) in [6.07, 6.45) is 0. The largest absolute Gasteiger partial charge is 0.478 e. The lowest BCUT2D eigenvalue weighted by Crippen LogP contribution is -2.21. The number of anilines is 1. The van der Waals surface area contributed by atoms with Gasteiger partial charge in [-0.1, -0.05) is 19.9 Å². The molecule has 0 atom stereocenters. The van der Waals surface area contributed by atoms with Crippen LogP contribution in [0.1, 0.15) is 24.2 Å². The lowest BCUT2D eigenvalue weighted by molar-refractivity contribution is 0.0698. The van der Waals surface area contributed by atoms with Crippen molar-refractivity contribution >= 4 is 37.6 Å². The molecule has 0 aliphatic rings. The number of benzene rings is 1. The molecule has 1 rings (SSSR count). The van der Waals surface area contributed by atoms with E-state index in [1.807, 2.05) is 0 Å². The van der Waals surface area contributed by atoms with Crippen molar-refractivity contribution in [3.8, 4) is 0 Å². The Balaban J connectivity index is 3.15. The Kier molecular flexibility index (Phi) is 4.75. The Hall–Kier alpha value is -1.08. The van der Waals surface area contributed by atoms with E-state index < -0.39 is 16.0 Å². The smallest absolute Gasteiger partial charge is 0.337 e. The minimum Gasteiger partial charge on any atom is -0.478 e. The Morgan fingerprint density at radius 2 is 2.06 bits per heavy atom. The highest BCUT2D eigenvalue weighted by Gasteiger charge is 2.19. The number of hydrogen-bond donors (Lipinski definition) is 2. The number of hydrogen-bond acceptors (Lipinski definition) is 3. The predicted octanol–water partition coefficient (Wildman–Crippen LogP) is 2.55. The summed E-state index contributed by atoms with van der Waals surface area (Å²) in [6.45, 7) is 3.55. The van der Waals surface area contributed by atoms with Gasteiger partial charge in [-0.3, -0.25) is 4.72 Å². The van der Waals surface area contributed by atoms with Gasteiger partial charge < -0.3 is 5.11 Å². The van der Waals surface area contributed by atoms with Crippen molar-refractivity contribution in [1.29, 1.82) is 0 Å². The van der Waals surface area contributed by atoms with E-state index in [1.54, 1.807) is 19.9 Å². The fraction of sp³-hybridized carbons (Fsp3) is 0.364. The average molecular weight is 336 g/mol. The maximum absolute atomic E-state index is 11.8. The van der Waals surface area contributed by atoms with Crippen molar-refractivity contribution in [2.24, 2.45) is 5.92 Å². The molecule has 2 N–H and O–H groups in total. The molecule has 0 aliphatic carbocycles. The van der Waals surface area contributed by atoms with Crippen LogP contribution in [0.15, 0.2) is 22.7 Å². The number of carbonyl (C=O) groups is 1. The summed E-state index contributed by atoms with van der Waals surface area (Å²) in [5, 5.41) is 9.01. The highest BCUT2D eigenvalue weighted by Crippen LogP contribution is 2.27. The minimum atomic E-state index is -3.56. The SMILES string of the molecule is CC(C)CS(=O)(=O)Nc1c(Br)cccc1C(=O)O. The summed E-state index contributed by atoms with van der Waals surface area (Å²) < 4.78 is 26.3. The number of para-hydroxylation sites is 1. The first-order valence-corrected chi connectivity index (χ1v) is 7.70. The molecular weight excluding hydrogens is 322 g/mol. The quantitative estimate of drug-likeness (QED) is 0.866. The highest BCUT2D eigenvalue weighted by molar-refractivity contribution is 9.10. The van der Waals surface area contributed by atoms with Gasteiger partial charge >= 0.3 is 5.97 Å². The third-order valence-corrected chi connectivity index (χ3v) is 4.34. The Labute approximate surface area is 114 Å². The molecule has 0 saturated carbocycles. The first kappa shape index (κ1) is 15.0. The molecule has 0 aromatic heterocycles. The number of aromatic carboxylic acids is 1. The summed E-state index contributed by atoms with van der Waals surface area (Å²) in [5.41, 5.74) is -0.0256. The normalized spacial score (nSPS) is 11.6. The average Bonchev–Trinajstić information content (AvgIpc) is 2.18. The first-order chi connectivity index (χ1) is 8.23. The zero-order valence-corrected chi connectivity index (χ0v) is 12.4. The van der Waals surface area contributed by atoms with E-state index in [9.17, 15) is 13.2 Å². The van der Waals surface area contributed by atoms with Crippen LogP contribution in [0.5, 0.6) is 0 Å². The monoisotopic (exact) mass is 335 g/mol. The van der Waals surface area contributed by atoms with Crippen molar-refractivity contribution in [1.82, 2.24) is 0 Å². The number of carboxylic acids is 1. The van der Waals surface area contributed by atoms with Crippen LogP contribution in [0.25, 0.3) is 0 Å². The predicted molar refractivity (Wildman–Crippen MR) is 73.3 cm³/mol. The fourth-order valence-electron chi connectivity index (χ4n) is 1.44. The van der Waals surface area contributed by atoms with Crippen molar-refractivity contribution in [3.05, 3.63) is 28.2 Å². The van der Waals surface area contributed by atoms with E-state index in [1.165, 1.54) is 12.1 Å². The fourth-order valence-corrected chi connectivity index (χ4v) is 3.53. The molecule has 7 heteroatoms. The van der Waals surface area contributed by atoms with Crippen LogP contribution < -0.4 is 4.72 Å². The topological polar surface area (TPSA) is 83.5 Å². The van der Waals surface area contributed by atoms with E-state index in [4.69, 9.17) is 5.11 Å². The second-order valence-electron chi connectivity index (χ2n) is 4.24. The van der Waals surface area contributed by atoms with E-state index in [-0.39, 0.29) is 22.9 Å². The van der Waals surface area contributed by atoms with Gasteiger partial charge in [0, 0.05) is 4.47 Å². The summed E-state index contributed by atoms with van der Waals surface area (Å²) in [4.78, 5) is 11.0. The summed E-state index contributed by atoms with van der Waals surface area (Å²) >= 11 is 3.14. The zero-order chi connectivity index (χ0) is 13.9. The van der Waals surface area contributed by atoms with Crippen LogP contribution >= 0.6 is 15.9 Å². The van der Waals surface area contributed by atoms with Gasteiger partial charge in [-0.25, -0.2) is 13.2 Å². The van der Waals surface area contributed by atoms with E-state index in [2.05, 4.69) is 20.7 Å². The van der Waals surface area contributed by atoms with Gasteiger partial charge in [0.1, 0.15) is 0 Å². The lowest BCUT2D eigenvalue weighted by atomic mass is 10.2. The van der Waals surface area contributed by atoms with Crippen molar-refractivity contribution in [2.45, 2.75) is 13.8 Å². The van der Waals surface area contributed by atoms with E-state index >= 15 is 0 Å². The third-order valence-electron chi connectivity index (χ3n) is 2.05. The molecule has 0 fully saturated rings. The van der Waals surface area contributed by atoms with Gasteiger partial charge in [0.25, 0.3) is 0 Å². The zero-order valence-electron chi connectivity index (χ0n) is 9.97. The number of rotatable bonds is 5. The Morgan fingerprint density at radius 1 is 1.44 bits per heavy atom. The molecule has 1 aromatic rings. The standard InChI is InChI=1S/C11H14BrNO4S/c1-7(2)6-18(16,17)13-10-8(11(14)15)4-3-5-9(10)12/h3-5,7,13H,6H2,1-2H3,(H,14,15). The molecule has 1 aromatic carbocycles. The van der Waals surface area contributed by atoms with E-state index in [0.29, 0.717) is 4.47 Å². The number of carboxylic acid groups (broad SMARTS) is 1. The molecule has 0 aliphatic heterocycles. The molecular formula is C11H14BrNO4S. The number of halogens is 1. The molecule has 0 amide bonds. The summed E-state index contributed by atoms with van der Waals surface area (Å²) in [6, 6.07) is 4.47. The van der Waals surface area contributed by atoms with Gasteiger partial charge in [0.15, 0.2) is 0 Å². The van der Waals surface area contributed by atoms with Gasteiger partial charge in [0.2, 0.25) is 10.0 Å². The highest BCUT2D eigenvalue weighted by atomic mass is 79.9. The summed E-state index contributed by atoms with van der Waals surface area (Å²) in [5.74, 6) is -1.29. The maximum atomic E-state index is 11.8. The van der Waals surface area contributed by atoms with Gasteiger partial charge in [-0.05, 0) is 34.0 Å². The molecule has 0 spiro atoms. The lowest BCUT2D eigenvalue weighted by Gasteiger charge is -2.13. The van der Waals surface area contributed by atoms with E-state index in [0.717, 1.165) is 0 Å². The second kappa shape index (κ2) is 5.71. The van der Waals surface area contributed by atoms with Gasteiger partial charge in [0.05, 0.1) is 17.0 Å². The maximum Gasteiger partial charge on any atom is 0.337 e. The van der Waals surface area contributed by atoms with Crippen molar-refractivity contribution in [3.63, 3.8) is 0 Å². The van der Waals surface area contributed by atoms with Gasteiger partial charge in [-0.15, -0.1) is 0 Å². The molecule has 0 radical (unpaired) electrons. The van der Waals surface area contributed by atoms with Crippen LogP contribution in [-0.4, -0.2) is 25.2 Å². The molecule has 18 heavy (non-hydrogen) atoms. The second-order valence-corrected chi connectivity index (χ2v) is 6.87. The molecule has 100 valence electrons. The van der Waals surface area contributed by atoms with Crippen LogP contribution in [-0.2, 0) is 10.0 Å². The van der Waals surface area contributed by atoms with Crippen LogP contribution in [0, 0.1) is 5.92 Å². The molecule has 0 saturated heterocycles. The molecule has 0 bridgehead atoms. The van der Waals surface area contributed by atoms with Gasteiger partial charge in [-0.2, -0.15) is 0 Å². The Morgan fingerprint density at radius 3 is 2.56 bits per heavy atom. The van der Waals surface area contributed by atoms with Crippen LogP contribution in [0.4, 0.5) is 5.69 Å². The van der Waals surface area contributed by atoms with Crippen molar-refractivity contribution < 1.29 is 18.3 Å². The number of sulfonamides is 1. The Bertz CT molecular complexity index is 554. The van der Waals surface area contributed by atoms with Crippen LogP contribution in [0.3, 0.4) is 0 Å². The molecule has 0 unspecified atom stereocenters. The van der Waals surface area contributed by atoms with Crippen molar-refractivity contribution in [2.75, 3.05) is 10.5 Å². The van der Waals surface area contributed by atoms with Crippen LogP contribution in [0.2, 0.25) is 0 Å². The summed E-state index contributed by atoms with van der Waals surface area (Å²) in [7, 11) is -3.56. The third kappa shape index (κ3) is 3.99. The molecule has 5 nitrogen and oxygen atoms in total. The first-order valence-electron chi connectivity index (χ1n) is 5.25. The molecule has 0 heterocycles.